The highest BCUT2D eigenvalue weighted by atomic mass is 16.3. The minimum atomic E-state index is 0.876. The second kappa shape index (κ2) is 16.9. The average Bonchev–Trinajstić information content (AvgIpc) is 3.98. The number of aromatic nitrogens is 1. The van der Waals surface area contributed by atoms with Crippen LogP contribution in [0.4, 0.5) is 17.1 Å². The zero-order valence-corrected chi connectivity index (χ0v) is 37.7. The lowest BCUT2D eigenvalue weighted by Crippen LogP contribution is -2.11. The molecule has 0 N–H and O–H groups in total. The molecule has 0 aliphatic heterocycles. The van der Waals surface area contributed by atoms with Gasteiger partial charge in [0.25, 0.3) is 0 Å². The highest BCUT2D eigenvalue weighted by Crippen LogP contribution is 2.46. The molecule has 0 fully saturated rings. The van der Waals surface area contributed by atoms with E-state index in [1.54, 1.807) is 0 Å². The first-order chi connectivity index (χ1) is 34.2. The Labute approximate surface area is 401 Å². The summed E-state index contributed by atoms with van der Waals surface area (Å²) in [4.78, 5) is 2.40. The van der Waals surface area contributed by atoms with Crippen LogP contribution in [0.1, 0.15) is 0 Å². The fraction of sp³-hybridized carbons (Fsp3) is 0. The molecule has 0 saturated carbocycles. The molecule has 0 aliphatic carbocycles. The standard InChI is InChI=1S/C66H44N2O/c1-2-16-45(17-3-1)49-18-12-19-50(42-49)52-21-14-22-54(44-52)67(61-29-8-6-26-58(61)59-28-15-33-65-66(59)60-27-7-11-32-64(60)69-65)53-40-38-47(39-41-53)46-34-36-48(37-35-46)51-20-13-23-55(43-51)68-62-30-9-4-24-56(62)57-25-5-10-31-63(57)68/h1-44H. The highest BCUT2D eigenvalue weighted by Gasteiger charge is 2.21. The van der Waals surface area contributed by atoms with Crippen molar-refractivity contribution in [1.29, 1.82) is 0 Å². The van der Waals surface area contributed by atoms with Crippen molar-refractivity contribution in [1.82, 2.24) is 4.57 Å². The molecule has 3 nitrogen and oxygen atoms in total. The average molecular weight is 881 g/mol. The normalized spacial score (nSPS) is 11.5. The number of anilines is 3. The summed E-state index contributed by atoms with van der Waals surface area (Å²) in [5.41, 5.74) is 20.1. The Morgan fingerprint density at radius 3 is 1.51 bits per heavy atom. The van der Waals surface area contributed by atoms with Gasteiger partial charge in [-0.3, -0.25) is 0 Å². The largest absolute Gasteiger partial charge is 0.456 e. The summed E-state index contributed by atoms with van der Waals surface area (Å²) >= 11 is 0. The van der Waals surface area contributed by atoms with Crippen LogP contribution < -0.4 is 4.90 Å². The molecule has 0 radical (unpaired) electrons. The number of nitrogens with zero attached hydrogens (tertiary/aromatic N) is 2. The Kier molecular flexibility index (Phi) is 9.84. The van der Waals surface area contributed by atoms with E-state index in [2.05, 4.69) is 270 Å². The Morgan fingerprint density at radius 2 is 0.768 bits per heavy atom. The molecular weight excluding hydrogens is 837 g/mol. The lowest BCUT2D eigenvalue weighted by molar-refractivity contribution is 0.669. The van der Waals surface area contributed by atoms with Gasteiger partial charge in [0.2, 0.25) is 0 Å². The number of benzene rings is 11. The molecule has 11 aromatic carbocycles. The van der Waals surface area contributed by atoms with E-state index in [0.717, 1.165) is 72.5 Å². The first-order valence-corrected chi connectivity index (χ1v) is 23.6. The number of fused-ring (bicyclic) bond motifs is 6. The van der Waals surface area contributed by atoms with Crippen LogP contribution in [0.25, 0.3) is 105 Å². The number of rotatable bonds is 9. The van der Waals surface area contributed by atoms with Crippen LogP contribution in [0.2, 0.25) is 0 Å². The number of para-hydroxylation sites is 4. The van der Waals surface area contributed by atoms with Gasteiger partial charge in [-0.25, -0.2) is 0 Å². The molecular formula is C66H44N2O. The number of furan rings is 1. The third kappa shape index (κ3) is 7.16. The van der Waals surface area contributed by atoms with E-state index in [0.29, 0.717) is 0 Å². The molecule has 3 heteroatoms. The van der Waals surface area contributed by atoms with Crippen LogP contribution in [0.15, 0.2) is 271 Å². The van der Waals surface area contributed by atoms with Gasteiger partial charge < -0.3 is 13.9 Å². The molecule has 324 valence electrons. The van der Waals surface area contributed by atoms with E-state index in [4.69, 9.17) is 4.42 Å². The van der Waals surface area contributed by atoms with Crippen LogP contribution in [0, 0.1) is 0 Å². The van der Waals surface area contributed by atoms with Crippen molar-refractivity contribution in [2.75, 3.05) is 4.90 Å². The van der Waals surface area contributed by atoms with Gasteiger partial charge in [-0.15, -0.1) is 0 Å². The fourth-order valence-electron chi connectivity index (χ4n) is 10.3. The molecule has 0 saturated heterocycles. The lowest BCUT2D eigenvalue weighted by atomic mass is 9.96. The monoisotopic (exact) mass is 880 g/mol. The maximum atomic E-state index is 6.41. The van der Waals surface area contributed by atoms with Gasteiger partial charge in [-0.05, 0) is 123 Å². The summed E-state index contributed by atoms with van der Waals surface area (Å²) in [6.45, 7) is 0. The highest BCUT2D eigenvalue weighted by molar-refractivity contribution is 6.14. The van der Waals surface area contributed by atoms with Crippen molar-refractivity contribution in [3.63, 3.8) is 0 Å². The molecule has 0 unspecified atom stereocenters. The van der Waals surface area contributed by atoms with Gasteiger partial charge in [0.1, 0.15) is 11.2 Å². The second-order valence-electron chi connectivity index (χ2n) is 17.7. The molecule has 0 aliphatic rings. The van der Waals surface area contributed by atoms with Gasteiger partial charge in [-0.1, -0.05) is 194 Å². The molecule has 69 heavy (non-hydrogen) atoms. The molecule has 2 heterocycles. The second-order valence-corrected chi connectivity index (χ2v) is 17.7. The minimum absolute atomic E-state index is 0.876. The summed E-state index contributed by atoms with van der Waals surface area (Å²) in [7, 11) is 0. The Morgan fingerprint density at radius 1 is 0.290 bits per heavy atom. The fourth-order valence-corrected chi connectivity index (χ4v) is 10.3. The van der Waals surface area contributed by atoms with E-state index in [1.165, 1.54) is 49.6 Å². The topological polar surface area (TPSA) is 21.3 Å². The van der Waals surface area contributed by atoms with Gasteiger partial charge in [-0.2, -0.15) is 0 Å². The Bertz CT molecular complexity index is 3960. The maximum Gasteiger partial charge on any atom is 0.136 e. The first-order valence-electron chi connectivity index (χ1n) is 23.6. The molecule has 13 aromatic rings. The predicted molar refractivity (Wildman–Crippen MR) is 290 cm³/mol. The van der Waals surface area contributed by atoms with Crippen molar-refractivity contribution < 1.29 is 4.42 Å². The molecule has 0 amide bonds. The lowest BCUT2D eigenvalue weighted by Gasteiger charge is -2.28. The zero-order chi connectivity index (χ0) is 45.7. The van der Waals surface area contributed by atoms with E-state index >= 15 is 0 Å². The van der Waals surface area contributed by atoms with E-state index in [1.807, 2.05) is 6.07 Å². The van der Waals surface area contributed by atoms with Crippen LogP contribution >= 0.6 is 0 Å². The van der Waals surface area contributed by atoms with E-state index in [-0.39, 0.29) is 0 Å². The summed E-state index contributed by atoms with van der Waals surface area (Å²) < 4.78 is 8.79. The quantitative estimate of drug-likeness (QED) is 0.144. The number of hydrogen-bond acceptors (Lipinski definition) is 2. The van der Waals surface area contributed by atoms with Crippen molar-refractivity contribution in [2.45, 2.75) is 0 Å². The first kappa shape index (κ1) is 40.1. The summed E-state index contributed by atoms with van der Waals surface area (Å²) in [5.74, 6) is 0. The van der Waals surface area contributed by atoms with Crippen molar-refractivity contribution >= 4 is 60.8 Å². The predicted octanol–water partition coefficient (Wildman–Crippen LogP) is 18.5. The molecule has 0 atom stereocenters. The van der Waals surface area contributed by atoms with Crippen molar-refractivity contribution in [3.05, 3.63) is 267 Å². The Balaban J connectivity index is 0.884. The van der Waals surface area contributed by atoms with E-state index < -0.39 is 0 Å². The number of hydrogen-bond donors (Lipinski definition) is 0. The smallest absolute Gasteiger partial charge is 0.136 e. The minimum Gasteiger partial charge on any atom is -0.456 e. The third-order valence-corrected chi connectivity index (χ3v) is 13.6. The van der Waals surface area contributed by atoms with Crippen LogP contribution in [0.5, 0.6) is 0 Å². The van der Waals surface area contributed by atoms with Crippen LogP contribution in [-0.4, -0.2) is 4.57 Å². The van der Waals surface area contributed by atoms with Gasteiger partial charge in [0, 0.05) is 44.2 Å². The summed E-state index contributed by atoms with van der Waals surface area (Å²) in [6, 6.07) is 96.1. The molecule has 0 bridgehead atoms. The Hall–Kier alpha value is -9.18. The van der Waals surface area contributed by atoms with Crippen LogP contribution in [-0.2, 0) is 0 Å². The van der Waals surface area contributed by atoms with Crippen molar-refractivity contribution in [2.24, 2.45) is 0 Å². The molecule has 0 spiro atoms. The summed E-state index contributed by atoms with van der Waals surface area (Å²) in [6.07, 6.45) is 0. The molecule has 13 rings (SSSR count). The van der Waals surface area contributed by atoms with Gasteiger partial charge >= 0.3 is 0 Å². The maximum absolute atomic E-state index is 6.41. The molecule has 2 aromatic heterocycles. The van der Waals surface area contributed by atoms with E-state index in [9.17, 15) is 0 Å². The summed E-state index contributed by atoms with van der Waals surface area (Å²) in [5, 5.41) is 4.75. The third-order valence-electron chi connectivity index (χ3n) is 13.6. The van der Waals surface area contributed by atoms with Crippen LogP contribution in [0.3, 0.4) is 0 Å². The van der Waals surface area contributed by atoms with Gasteiger partial charge in [0.05, 0.1) is 16.7 Å². The zero-order valence-electron chi connectivity index (χ0n) is 37.7. The SMILES string of the molecule is c1ccc(-c2cccc(-c3cccc(N(c4ccc(-c5ccc(-c6cccc(-n7c8ccccc8c8ccccc87)c6)cc5)cc4)c4ccccc4-c4cccc5oc6ccccc6c45)c3)c2)cc1. The van der Waals surface area contributed by atoms with Gasteiger partial charge in [0.15, 0.2) is 0 Å². The van der Waals surface area contributed by atoms with Crippen molar-refractivity contribution in [3.8, 4) is 61.3 Å².